The first-order chi connectivity index (χ1) is 9.99. The third-order valence-corrected chi connectivity index (χ3v) is 5.45. The van der Waals surface area contributed by atoms with E-state index in [1.54, 1.807) is 7.05 Å². The molecule has 1 unspecified atom stereocenters. The van der Waals surface area contributed by atoms with Gasteiger partial charge in [0.05, 0.1) is 16.1 Å². The Morgan fingerprint density at radius 3 is 2.76 bits per heavy atom. The molecule has 6 heteroatoms. The molecule has 0 aromatic carbocycles. The number of nitrogen functional groups attached to an aromatic ring is 1. The number of hydrogen-bond acceptors (Lipinski definition) is 5. The van der Waals surface area contributed by atoms with Crippen LogP contribution in [0.1, 0.15) is 53.1 Å². The van der Waals surface area contributed by atoms with Crippen LogP contribution in [-0.2, 0) is 0 Å². The van der Waals surface area contributed by atoms with Crippen molar-refractivity contribution in [3.05, 3.63) is 10.4 Å². The second-order valence-corrected chi connectivity index (χ2v) is 6.52. The van der Waals surface area contributed by atoms with E-state index >= 15 is 0 Å². The molecule has 1 saturated heterocycles. The molecular weight excluding hydrogens is 286 g/mol. The minimum Gasteiger partial charge on any atom is -0.397 e. The number of Topliss-reactive ketones (excluding diaryl/α,β-unsaturated/α-hetero) is 1. The maximum atomic E-state index is 12.2. The van der Waals surface area contributed by atoms with E-state index in [9.17, 15) is 9.59 Å². The molecule has 0 bridgehead atoms. The van der Waals surface area contributed by atoms with Crippen LogP contribution in [0.2, 0.25) is 0 Å². The van der Waals surface area contributed by atoms with Crippen LogP contribution in [0.4, 0.5) is 10.7 Å². The molecule has 1 aliphatic rings. The number of amides is 1. The zero-order valence-electron chi connectivity index (χ0n) is 12.9. The number of nitrogens with zero attached hydrogens (tertiary/aromatic N) is 1. The highest BCUT2D eigenvalue weighted by Gasteiger charge is 2.29. The quantitative estimate of drug-likeness (QED) is 0.838. The van der Waals surface area contributed by atoms with Gasteiger partial charge in [-0.3, -0.25) is 9.59 Å². The van der Waals surface area contributed by atoms with Crippen LogP contribution in [0.15, 0.2) is 0 Å². The number of ketones is 1. The molecule has 1 fully saturated rings. The predicted molar refractivity (Wildman–Crippen MR) is 87.4 cm³/mol. The fourth-order valence-electron chi connectivity index (χ4n) is 2.84. The Morgan fingerprint density at radius 2 is 2.19 bits per heavy atom. The van der Waals surface area contributed by atoms with Crippen LogP contribution < -0.4 is 16.0 Å². The predicted octanol–water partition coefficient (Wildman–Crippen LogP) is 2.52. The van der Waals surface area contributed by atoms with Gasteiger partial charge in [0.15, 0.2) is 5.78 Å². The van der Waals surface area contributed by atoms with E-state index in [-0.39, 0.29) is 11.7 Å². The van der Waals surface area contributed by atoms with Gasteiger partial charge >= 0.3 is 0 Å². The van der Waals surface area contributed by atoms with E-state index in [1.165, 1.54) is 24.7 Å². The Bertz CT molecular complexity index is 553. The Kier molecular flexibility index (Phi) is 4.88. The fraction of sp³-hybridized carbons (Fsp3) is 0.600. The summed E-state index contributed by atoms with van der Waals surface area (Å²) in [5.41, 5.74) is 6.84. The lowest BCUT2D eigenvalue weighted by Gasteiger charge is -2.33. The summed E-state index contributed by atoms with van der Waals surface area (Å²) in [5.74, 6) is 0.336. The maximum absolute atomic E-state index is 12.2. The molecule has 0 radical (unpaired) electrons. The van der Waals surface area contributed by atoms with Crippen LogP contribution in [0.3, 0.4) is 0 Å². The first-order valence-electron chi connectivity index (χ1n) is 7.39. The molecule has 0 aliphatic carbocycles. The van der Waals surface area contributed by atoms with Crippen molar-refractivity contribution in [1.82, 2.24) is 5.32 Å². The number of thiophene rings is 1. The summed E-state index contributed by atoms with van der Waals surface area (Å²) in [7, 11) is 1.59. The number of nitrogens with one attached hydrogen (secondary N) is 1. The highest BCUT2D eigenvalue weighted by molar-refractivity contribution is 7.19. The first-order valence-corrected chi connectivity index (χ1v) is 8.21. The lowest BCUT2D eigenvalue weighted by Crippen LogP contribution is -2.36. The summed E-state index contributed by atoms with van der Waals surface area (Å²) in [6.45, 7) is 5.53. The summed E-state index contributed by atoms with van der Waals surface area (Å²) < 4.78 is 0. The van der Waals surface area contributed by atoms with Crippen molar-refractivity contribution < 1.29 is 9.59 Å². The molecule has 1 amide bonds. The summed E-state index contributed by atoms with van der Waals surface area (Å²) in [5, 5.41) is 3.47. The van der Waals surface area contributed by atoms with Gasteiger partial charge in [0, 0.05) is 27.1 Å². The van der Waals surface area contributed by atoms with Gasteiger partial charge in [-0.25, -0.2) is 0 Å². The molecule has 2 rings (SSSR count). The Morgan fingerprint density at radius 1 is 1.48 bits per heavy atom. The van der Waals surface area contributed by atoms with Gasteiger partial charge in [-0.15, -0.1) is 11.3 Å². The Labute approximate surface area is 129 Å². The van der Waals surface area contributed by atoms with Gasteiger partial charge in [0.1, 0.15) is 5.00 Å². The lowest BCUT2D eigenvalue weighted by atomic mass is 9.95. The molecule has 1 aromatic rings. The maximum Gasteiger partial charge on any atom is 0.256 e. The van der Waals surface area contributed by atoms with E-state index < -0.39 is 0 Å². The zero-order valence-corrected chi connectivity index (χ0v) is 13.7. The van der Waals surface area contributed by atoms with Gasteiger partial charge in [-0.05, 0) is 18.8 Å². The summed E-state index contributed by atoms with van der Waals surface area (Å²) >= 11 is 1.35. The molecular formula is C15H23N3O2S. The normalized spacial score (nSPS) is 18.6. The van der Waals surface area contributed by atoms with E-state index in [1.807, 2.05) is 0 Å². The lowest BCUT2D eigenvalue weighted by molar-refractivity contribution is 0.0964. The molecule has 21 heavy (non-hydrogen) atoms. The van der Waals surface area contributed by atoms with Crippen LogP contribution in [0.5, 0.6) is 0 Å². The Hall–Kier alpha value is -1.56. The van der Waals surface area contributed by atoms with Gasteiger partial charge in [0.2, 0.25) is 0 Å². The topological polar surface area (TPSA) is 75.4 Å². The van der Waals surface area contributed by atoms with Crippen molar-refractivity contribution in [1.29, 1.82) is 0 Å². The Balaban J connectivity index is 2.44. The molecule has 0 saturated carbocycles. The van der Waals surface area contributed by atoms with Crippen molar-refractivity contribution in [3.63, 3.8) is 0 Å². The number of nitrogens with two attached hydrogens (primary N) is 1. The highest BCUT2D eigenvalue weighted by Crippen LogP contribution is 2.40. The summed E-state index contributed by atoms with van der Waals surface area (Å²) in [4.78, 5) is 26.6. The number of anilines is 2. The standard InChI is InChI=1S/C15H23N3O2S/c1-4-10-6-5-7-18(8-10)15-11(14(20)17-3)12(16)13(21-15)9(2)19/h10H,4-8,16H2,1-3H3,(H,17,20). The largest absolute Gasteiger partial charge is 0.397 e. The summed E-state index contributed by atoms with van der Waals surface area (Å²) in [6, 6.07) is 0. The van der Waals surface area contributed by atoms with E-state index in [0.717, 1.165) is 30.9 Å². The van der Waals surface area contributed by atoms with Crippen LogP contribution >= 0.6 is 11.3 Å². The van der Waals surface area contributed by atoms with Crippen molar-refractivity contribution in [2.75, 3.05) is 30.8 Å². The molecule has 3 N–H and O–H groups in total. The van der Waals surface area contributed by atoms with Crippen molar-refractivity contribution in [2.24, 2.45) is 5.92 Å². The average molecular weight is 309 g/mol. The molecule has 2 heterocycles. The third-order valence-electron chi connectivity index (χ3n) is 4.08. The molecule has 1 aromatic heterocycles. The van der Waals surface area contributed by atoms with Crippen LogP contribution in [0.25, 0.3) is 0 Å². The average Bonchev–Trinajstić information content (AvgIpc) is 2.84. The highest BCUT2D eigenvalue weighted by atomic mass is 32.1. The van der Waals surface area contributed by atoms with Crippen molar-refractivity contribution in [3.8, 4) is 0 Å². The second-order valence-electron chi connectivity index (χ2n) is 5.52. The number of rotatable bonds is 4. The fourth-order valence-corrected chi connectivity index (χ4v) is 3.99. The zero-order chi connectivity index (χ0) is 15.6. The van der Waals surface area contributed by atoms with E-state index in [2.05, 4.69) is 17.1 Å². The number of hydrogen-bond donors (Lipinski definition) is 2. The minimum absolute atomic E-state index is 0.0852. The minimum atomic E-state index is -0.218. The molecule has 5 nitrogen and oxygen atoms in total. The van der Waals surface area contributed by atoms with Gasteiger partial charge in [-0.2, -0.15) is 0 Å². The number of carbonyl (C=O) groups excluding carboxylic acids is 2. The second kappa shape index (κ2) is 6.47. The molecule has 1 aliphatic heterocycles. The SMILES string of the molecule is CCC1CCCN(c2sc(C(C)=O)c(N)c2C(=O)NC)C1. The van der Waals surface area contributed by atoms with Crippen LogP contribution in [0, 0.1) is 5.92 Å². The van der Waals surface area contributed by atoms with E-state index in [4.69, 9.17) is 5.73 Å². The van der Waals surface area contributed by atoms with Gasteiger partial charge < -0.3 is 16.0 Å². The van der Waals surface area contributed by atoms with Crippen molar-refractivity contribution >= 4 is 33.7 Å². The first kappa shape index (κ1) is 15.8. The van der Waals surface area contributed by atoms with Gasteiger partial charge in [0.25, 0.3) is 5.91 Å². The number of carbonyl (C=O) groups is 2. The summed E-state index contributed by atoms with van der Waals surface area (Å²) in [6.07, 6.45) is 3.47. The smallest absolute Gasteiger partial charge is 0.256 e. The third kappa shape index (κ3) is 3.05. The van der Waals surface area contributed by atoms with Crippen LogP contribution in [-0.4, -0.2) is 31.8 Å². The number of piperidine rings is 1. The monoisotopic (exact) mass is 309 g/mol. The van der Waals surface area contributed by atoms with Gasteiger partial charge in [-0.1, -0.05) is 13.3 Å². The molecule has 0 spiro atoms. The molecule has 1 atom stereocenters. The van der Waals surface area contributed by atoms with E-state index in [0.29, 0.717) is 22.0 Å². The molecule has 116 valence electrons. The van der Waals surface area contributed by atoms with Crippen molar-refractivity contribution in [2.45, 2.75) is 33.1 Å².